The minimum atomic E-state index is 0.685. The second-order valence-electron chi connectivity index (χ2n) is 4.27. The molecule has 0 spiro atoms. The van der Waals surface area contributed by atoms with E-state index < -0.39 is 0 Å². The Kier molecular flexibility index (Phi) is 3.02. The van der Waals surface area contributed by atoms with Gasteiger partial charge in [-0.2, -0.15) is 5.26 Å². The molecule has 2 nitrogen and oxygen atoms in total. The van der Waals surface area contributed by atoms with E-state index in [1.807, 2.05) is 24.3 Å². The molecular formula is C16H12N2S. The molecule has 0 amide bonds. The Morgan fingerprint density at radius 2 is 1.84 bits per heavy atom. The maximum atomic E-state index is 8.84. The highest BCUT2D eigenvalue weighted by atomic mass is 32.2. The summed E-state index contributed by atoms with van der Waals surface area (Å²) in [5.41, 5.74) is 2.95. The van der Waals surface area contributed by atoms with Gasteiger partial charge in [-0.25, -0.2) is 0 Å². The first-order valence-corrected chi connectivity index (χ1v) is 7.20. The van der Waals surface area contributed by atoms with Crippen LogP contribution < -0.4 is 0 Å². The second-order valence-corrected chi connectivity index (χ2v) is 5.15. The Balaban J connectivity index is 2.16. The molecule has 0 unspecified atom stereocenters. The average molecular weight is 264 g/mol. The van der Waals surface area contributed by atoms with Gasteiger partial charge in [0.15, 0.2) is 0 Å². The molecule has 0 aliphatic carbocycles. The number of hydrogen-bond donors (Lipinski definition) is 0. The normalized spacial score (nSPS) is 10.5. The number of hydrogen-bond acceptors (Lipinski definition) is 2. The van der Waals surface area contributed by atoms with Crippen LogP contribution in [0.4, 0.5) is 0 Å². The number of rotatable bonds is 2. The summed E-state index contributed by atoms with van der Waals surface area (Å²) < 4.78 is 2.15. The minimum Gasteiger partial charge on any atom is -0.317 e. The van der Waals surface area contributed by atoms with Gasteiger partial charge in [0.2, 0.25) is 0 Å². The number of thioether (sulfide) groups is 1. The van der Waals surface area contributed by atoms with E-state index in [0.29, 0.717) is 5.56 Å². The van der Waals surface area contributed by atoms with Crippen molar-refractivity contribution in [3.8, 4) is 11.8 Å². The zero-order valence-electron chi connectivity index (χ0n) is 10.5. The van der Waals surface area contributed by atoms with Crippen molar-refractivity contribution in [2.24, 2.45) is 0 Å². The fourth-order valence-corrected chi connectivity index (χ4v) is 2.59. The number of benzene rings is 2. The van der Waals surface area contributed by atoms with Gasteiger partial charge in [0.05, 0.1) is 17.1 Å². The highest BCUT2D eigenvalue weighted by Gasteiger charge is 2.04. The van der Waals surface area contributed by atoms with Crippen molar-refractivity contribution in [3.63, 3.8) is 0 Å². The van der Waals surface area contributed by atoms with E-state index in [4.69, 9.17) is 5.26 Å². The molecule has 19 heavy (non-hydrogen) atoms. The summed E-state index contributed by atoms with van der Waals surface area (Å²) in [6.07, 6.45) is 4.15. The van der Waals surface area contributed by atoms with Crippen molar-refractivity contribution in [2.45, 2.75) is 4.90 Å². The lowest BCUT2D eigenvalue weighted by molar-refractivity contribution is 1.12. The maximum Gasteiger partial charge on any atom is 0.0991 e. The third-order valence-electron chi connectivity index (χ3n) is 3.17. The molecule has 2 aromatic carbocycles. The third-order valence-corrected chi connectivity index (χ3v) is 3.90. The number of nitriles is 1. The van der Waals surface area contributed by atoms with Gasteiger partial charge in [-0.1, -0.05) is 6.07 Å². The SMILES string of the molecule is CSc1ccc2ccn(-c3ccc(C#N)cc3)c2c1. The van der Waals surface area contributed by atoms with Gasteiger partial charge in [-0.3, -0.25) is 0 Å². The lowest BCUT2D eigenvalue weighted by atomic mass is 10.2. The van der Waals surface area contributed by atoms with E-state index in [1.165, 1.54) is 15.8 Å². The molecule has 0 bridgehead atoms. The first-order valence-electron chi connectivity index (χ1n) is 5.97. The molecule has 3 rings (SSSR count). The minimum absolute atomic E-state index is 0.685. The van der Waals surface area contributed by atoms with Crippen molar-refractivity contribution < 1.29 is 0 Å². The summed E-state index contributed by atoms with van der Waals surface area (Å²) in [7, 11) is 0. The Bertz CT molecular complexity index is 764. The summed E-state index contributed by atoms with van der Waals surface area (Å²) in [4.78, 5) is 1.25. The van der Waals surface area contributed by atoms with Crippen LogP contribution in [0.2, 0.25) is 0 Å². The molecule has 0 saturated carbocycles. The van der Waals surface area contributed by atoms with Gasteiger partial charge in [0, 0.05) is 22.2 Å². The summed E-state index contributed by atoms with van der Waals surface area (Å²) >= 11 is 1.74. The van der Waals surface area contributed by atoms with Crippen molar-refractivity contribution in [3.05, 3.63) is 60.3 Å². The highest BCUT2D eigenvalue weighted by molar-refractivity contribution is 7.98. The molecule has 1 aromatic heterocycles. The molecule has 0 aliphatic rings. The van der Waals surface area contributed by atoms with Crippen LogP contribution in [0.1, 0.15) is 5.56 Å². The summed E-state index contributed by atoms with van der Waals surface area (Å²) in [5, 5.41) is 10.1. The Hall–Kier alpha value is -2.18. The van der Waals surface area contributed by atoms with Gasteiger partial charge >= 0.3 is 0 Å². The zero-order valence-corrected chi connectivity index (χ0v) is 11.3. The standard InChI is InChI=1S/C16H12N2S/c1-19-15-7-4-13-8-9-18(16(13)10-15)14-5-2-12(11-17)3-6-14/h2-10H,1H3. The molecule has 0 radical (unpaired) electrons. The van der Waals surface area contributed by atoms with E-state index in [9.17, 15) is 0 Å². The predicted octanol–water partition coefficient (Wildman–Crippen LogP) is 4.22. The molecule has 3 heteroatoms. The van der Waals surface area contributed by atoms with Crippen LogP contribution in [-0.4, -0.2) is 10.8 Å². The summed E-state index contributed by atoms with van der Waals surface area (Å²) in [5.74, 6) is 0. The van der Waals surface area contributed by atoms with Crippen LogP contribution in [0.5, 0.6) is 0 Å². The van der Waals surface area contributed by atoms with Gasteiger partial charge < -0.3 is 4.57 Å². The lowest BCUT2D eigenvalue weighted by Crippen LogP contribution is -1.91. The van der Waals surface area contributed by atoms with Crippen molar-refractivity contribution >= 4 is 22.7 Å². The highest BCUT2D eigenvalue weighted by Crippen LogP contribution is 2.25. The Morgan fingerprint density at radius 3 is 2.53 bits per heavy atom. The van der Waals surface area contributed by atoms with Crippen molar-refractivity contribution in [1.29, 1.82) is 5.26 Å². The molecule has 0 aliphatic heterocycles. The molecule has 92 valence electrons. The Labute approximate surface area is 116 Å². The van der Waals surface area contributed by atoms with Crippen LogP contribution in [-0.2, 0) is 0 Å². The third kappa shape index (κ3) is 2.11. The maximum absolute atomic E-state index is 8.84. The van der Waals surface area contributed by atoms with E-state index in [-0.39, 0.29) is 0 Å². The molecule has 0 atom stereocenters. The molecule has 0 N–H and O–H groups in total. The number of fused-ring (bicyclic) bond motifs is 1. The van der Waals surface area contributed by atoms with Crippen LogP contribution in [0.15, 0.2) is 59.6 Å². The Morgan fingerprint density at radius 1 is 1.05 bits per heavy atom. The molecular weight excluding hydrogens is 252 g/mol. The van der Waals surface area contributed by atoms with E-state index >= 15 is 0 Å². The number of nitrogens with zero attached hydrogens (tertiary/aromatic N) is 2. The van der Waals surface area contributed by atoms with Gasteiger partial charge in [0.1, 0.15) is 0 Å². The molecule has 0 fully saturated rings. The quantitative estimate of drug-likeness (QED) is 0.648. The molecule has 1 heterocycles. The van der Waals surface area contributed by atoms with Crippen molar-refractivity contribution in [1.82, 2.24) is 4.57 Å². The monoisotopic (exact) mass is 264 g/mol. The van der Waals surface area contributed by atoms with Gasteiger partial charge in [0.25, 0.3) is 0 Å². The average Bonchev–Trinajstić information content (AvgIpc) is 2.90. The molecule has 0 saturated heterocycles. The van der Waals surface area contributed by atoms with Crippen LogP contribution in [0.3, 0.4) is 0 Å². The smallest absolute Gasteiger partial charge is 0.0991 e. The van der Waals surface area contributed by atoms with E-state index in [2.05, 4.69) is 47.4 Å². The van der Waals surface area contributed by atoms with Crippen molar-refractivity contribution in [2.75, 3.05) is 6.26 Å². The zero-order chi connectivity index (χ0) is 13.2. The largest absolute Gasteiger partial charge is 0.317 e. The molecule has 3 aromatic rings. The topological polar surface area (TPSA) is 28.7 Å². The fourth-order valence-electron chi connectivity index (χ4n) is 2.16. The summed E-state index contributed by atoms with van der Waals surface area (Å²) in [6, 6.07) is 18.4. The summed E-state index contributed by atoms with van der Waals surface area (Å²) in [6.45, 7) is 0. The first-order chi connectivity index (χ1) is 9.31. The van der Waals surface area contributed by atoms with Gasteiger partial charge in [-0.15, -0.1) is 11.8 Å². The van der Waals surface area contributed by atoms with Crippen LogP contribution in [0, 0.1) is 11.3 Å². The first kappa shape index (κ1) is 11.9. The lowest BCUT2D eigenvalue weighted by Gasteiger charge is -2.06. The van der Waals surface area contributed by atoms with E-state index in [0.717, 1.165) is 5.69 Å². The predicted molar refractivity (Wildman–Crippen MR) is 79.8 cm³/mol. The van der Waals surface area contributed by atoms with Crippen LogP contribution in [0.25, 0.3) is 16.6 Å². The van der Waals surface area contributed by atoms with Gasteiger partial charge in [-0.05, 0) is 48.7 Å². The van der Waals surface area contributed by atoms with Crippen LogP contribution >= 0.6 is 11.8 Å². The fraction of sp³-hybridized carbons (Fsp3) is 0.0625. The second kappa shape index (κ2) is 4.83. The number of aromatic nitrogens is 1. The van der Waals surface area contributed by atoms with E-state index in [1.54, 1.807) is 11.8 Å².